The number of ether oxygens (including phenoxy) is 1. The highest BCUT2D eigenvalue weighted by Crippen LogP contribution is 2.38. The highest BCUT2D eigenvalue weighted by atomic mass is 19.4. The summed E-state index contributed by atoms with van der Waals surface area (Å²) in [6, 6.07) is -0.00139. The largest absolute Gasteiger partial charge is 0.574 e. The zero-order valence-electron chi connectivity index (χ0n) is 9.34. The van der Waals surface area contributed by atoms with E-state index < -0.39 is 47.8 Å². The first-order valence-electron chi connectivity index (χ1n) is 4.76. The average Bonchev–Trinajstić information content (AvgIpc) is 2.24. The molecule has 5 nitrogen and oxygen atoms in total. The lowest BCUT2D eigenvalue weighted by Crippen LogP contribution is -2.23. The number of aromatic nitrogens is 1. The molecule has 0 radical (unpaired) electrons. The molecule has 0 aromatic carbocycles. The number of halogens is 6. The van der Waals surface area contributed by atoms with Crippen molar-refractivity contribution in [2.45, 2.75) is 19.1 Å². The lowest BCUT2D eigenvalue weighted by molar-refractivity contribution is -0.277. The molecular formula is C9H6F6N2O3. The van der Waals surface area contributed by atoms with E-state index in [0.29, 0.717) is 0 Å². The molecule has 0 spiro atoms. The molecule has 0 atom stereocenters. The van der Waals surface area contributed by atoms with Crippen molar-refractivity contribution in [1.82, 2.24) is 4.98 Å². The van der Waals surface area contributed by atoms with Crippen LogP contribution in [-0.2, 0) is 12.7 Å². The van der Waals surface area contributed by atoms with Crippen LogP contribution in [0.3, 0.4) is 0 Å². The minimum atomic E-state index is -5.41. The number of pyridine rings is 1. The predicted octanol–water partition coefficient (Wildman–Crippen LogP) is 2.16. The minimum Gasteiger partial charge on any atom is -0.478 e. The third-order valence-corrected chi connectivity index (χ3v) is 2.01. The number of carboxylic acid groups (broad SMARTS) is 1. The van der Waals surface area contributed by atoms with Crippen LogP contribution in [0.1, 0.15) is 21.6 Å². The lowest BCUT2D eigenvalue weighted by atomic mass is 10.1. The van der Waals surface area contributed by atoms with Crippen molar-refractivity contribution >= 4 is 5.97 Å². The molecular weight excluding hydrogens is 298 g/mol. The van der Waals surface area contributed by atoms with Gasteiger partial charge in [-0.05, 0) is 6.07 Å². The second-order valence-electron chi connectivity index (χ2n) is 3.39. The van der Waals surface area contributed by atoms with Gasteiger partial charge in [-0.3, -0.25) is 0 Å². The summed E-state index contributed by atoms with van der Waals surface area (Å²) in [6.45, 7) is -0.673. The fourth-order valence-corrected chi connectivity index (χ4v) is 1.26. The Balaban J connectivity index is 3.52. The van der Waals surface area contributed by atoms with E-state index >= 15 is 0 Å². The summed E-state index contributed by atoms with van der Waals surface area (Å²) in [7, 11) is 0. The summed E-state index contributed by atoms with van der Waals surface area (Å²) >= 11 is 0. The summed E-state index contributed by atoms with van der Waals surface area (Å²) in [4.78, 5) is 13.6. The average molecular weight is 304 g/mol. The predicted molar refractivity (Wildman–Crippen MR) is 50.8 cm³/mol. The molecule has 11 heteroatoms. The highest BCUT2D eigenvalue weighted by Gasteiger charge is 2.41. The van der Waals surface area contributed by atoms with E-state index in [0.717, 1.165) is 0 Å². The van der Waals surface area contributed by atoms with Gasteiger partial charge in [0, 0.05) is 6.54 Å². The van der Waals surface area contributed by atoms with E-state index in [1.165, 1.54) is 0 Å². The Hall–Kier alpha value is -2.04. The van der Waals surface area contributed by atoms with E-state index in [-0.39, 0.29) is 6.07 Å². The fraction of sp³-hybridized carbons (Fsp3) is 0.333. The third kappa shape index (κ3) is 3.73. The van der Waals surface area contributed by atoms with Crippen LogP contribution in [0, 0.1) is 0 Å². The minimum absolute atomic E-state index is 0.00139. The molecule has 0 aliphatic heterocycles. The maximum absolute atomic E-state index is 12.6. The van der Waals surface area contributed by atoms with Crippen LogP contribution in [0.25, 0.3) is 0 Å². The van der Waals surface area contributed by atoms with Crippen molar-refractivity contribution in [2.24, 2.45) is 5.73 Å². The molecule has 1 aromatic heterocycles. The number of carboxylic acids is 1. The SMILES string of the molecule is NCc1nc(OC(F)(F)F)c(C(F)(F)F)cc1C(=O)O. The van der Waals surface area contributed by atoms with Crippen molar-refractivity contribution in [2.75, 3.05) is 0 Å². The Morgan fingerprint density at radius 3 is 2.20 bits per heavy atom. The summed E-state index contributed by atoms with van der Waals surface area (Å²) in [5, 5.41) is 8.68. The van der Waals surface area contributed by atoms with E-state index in [1.807, 2.05) is 0 Å². The molecule has 0 amide bonds. The van der Waals surface area contributed by atoms with Crippen molar-refractivity contribution in [1.29, 1.82) is 0 Å². The van der Waals surface area contributed by atoms with Gasteiger partial charge in [0.15, 0.2) is 0 Å². The van der Waals surface area contributed by atoms with Gasteiger partial charge in [0.1, 0.15) is 5.56 Å². The monoisotopic (exact) mass is 304 g/mol. The molecule has 1 aromatic rings. The Morgan fingerprint density at radius 2 is 1.85 bits per heavy atom. The molecule has 0 unspecified atom stereocenters. The first-order chi connectivity index (χ1) is 8.95. The van der Waals surface area contributed by atoms with Crippen LogP contribution in [-0.4, -0.2) is 22.4 Å². The number of hydrogen-bond donors (Lipinski definition) is 2. The number of alkyl halides is 6. The third-order valence-electron chi connectivity index (χ3n) is 2.01. The van der Waals surface area contributed by atoms with Crippen molar-refractivity contribution < 1.29 is 41.0 Å². The van der Waals surface area contributed by atoms with Gasteiger partial charge in [0.05, 0.1) is 11.3 Å². The number of carbonyl (C=O) groups is 1. The quantitative estimate of drug-likeness (QED) is 0.836. The van der Waals surface area contributed by atoms with Crippen LogP contribution in [0.2, 0.25) is 0 Å². The first kappa shape index (κ1) is 16.0. The second kappa shape index (κ2) is 5.15. The van der Waals surface area contributed by atoms with Crippen LogP contribution in [0.4, 0.5) is 26.3 Å². The van der Waals surface area contributed by atoms with E-state index in [9.17, 15) is 31.1 Å². The van der Waals surface area contributed by atoms with E-state index in [1.54, 1.807) is 0 Å². The maximum Gasteiger partial charge on any atom is 0.574 e. The van der Waals surface area contributed by atoms with Crippen molar-refractivity contribution in [3.8, 4) is 5.88 Å². The normalized spacial score (nSPS) is 12.3. The Morgan fingerprint density at radius 1 is 1.30 bits per heavy atom. The molecule has 3 N–H and O–H groups in total. The van der Waals surface area contributed by atoms with E-state index in [4.69, 9.17) is 10.8 Å². The summed E-state index contributed by atoms with van der Waals surface area (Å²) in [5.41, 5.74) is 1.47. The molecule has 20 heavy (non-hydrogen) atoms. The zero-order chi connectivity index (χ0) is 15.7. The fourth-order valence-electron chi connectivity index (χ4n) is 1.26. The van der Waals surface area contributed by atoms with Gasteiger partial charge in [-0.1, -0.05) is 0 Å². The van der Waals surface area contributed by atoms with Crippen molar-refractivity contribution in [3.63, 3.8) is 0 Å². The molecule has 0 fully saturated rings. The molecule has 112 valence electrons. The number of rotatable bonds is 3. The van der Waals surface area contributed by atoms with Gasteiger partial charge >= 0.3 is 18.5 Å². The second-order valence-corrected chi connectivity index (χ2v) is 3.39. The topological polar surface area (TPSA) is 85.4 Å². The Labute approximate surface area is 107 Å². The summed E-state index contributed by atoms with van der Waals surface area (Å²) < 4.78 is 77.0. The van der Waals surface area contributed by atoms with Crippen LogP contribution >= 0.6 is 0 Å². The molecule has 0 aliphatic carbocycles. The highest BCUT2D eigenvalue weighted by molar-refractivity contribution is 5.89. The van der Waals surface area contributed by atoms with Gasteiger partial charge < -0.3 is 15.6 Å². The van der Waals surface area contributed by atoms with Gasteiger partial charge in [0.25, 0.3) is 0 Å². The van der Waals surface area contributed by atoms with Gasteiger partial charge in [0.2, 0.25) is 5.88 Å². The number of hydrogen-bond acceptors (Lipinski definition) is 4. The molecule has 0 bridgehead atoms. The summed E-state index contributed by atoms with van der Waals surface area (Å²) in [6.07, 6.45) is -10.7. The van der Waals surface area contributed by atoms with Crippen LogP contribution in [0.15, 0.2) is 6.07 Å². The number of aromatic carboxylic acids is 1. The standard InChI is InChI=1S/C9H6F6N2O3/c10-8(11,12)4-1-3(7(18)19)5(2-16)17-6(4)20-9(13,14)15/h1H,2,16H2,(H,18,19). The maximum atomic E-state index is 12.6. The van der Waals surface area contributed by atoms with Gasteiger partial charge in [-0.2, -0.15) is 13.2 Å². The van der Waals surface area contributed by atoms with Crippen molar-refractivity contribution in [3.05, 3.63) is 22.9 Å². The molecule has 1 rings (SSSR count). The van der Waals surface area contributed by atoms with Crippen LogP contribution in [0.5, 0.6) is 5.88 Å². The zero-order valence-corrected chi connectivity index (χ0v) is 9.34. The van der Waals surface area contributed by atoms with Gasteiger partial charge in [-0.15, -0.1) is 13.2 Å². The lowest BCUT2D eigenvalue weighted by Gasteiger charge is -2.16. The molecule has 0 saturated carbocycles. The molecule has 0 saturated heterocycles. The number of nitrogens with zero attached hydrogens (tertiary/aromatic N) is 1. The Bertz CT molecular complexity index is 526. The smallest absolute Gasteiger partial charge is 0.478 e. The number of nitrogens with two attached hydrogens (primary N) is 1. The van der Waals surface area contributed by atoms with Crippen LogP contribution < -0.4 is 10.5 Å². The Kier molecular flexibility index (Phi) is 4.12. The van der Waals surface area contributed by atoms with Gasteiger partial charge in [-0.25, -0.2) is 9.78 Å². The first-order valence-corrected chi connectivity index (χ1v) is 4.76. The molecule has 1 heterocycles. The molecule has 0 aliphatic rings. The van der Waals surface area contributed by atoms with E-state index in [2.05, 4.69) is 9.72 Å². The summed E-state index contributed by atoms with van der Waals surface area (Å²) in [5.74, 6) is -3.60.